The van der Waals surface area contributed by atoms with Gasteiger partial charge < -0.3 is 0 Å². The fourth-order valence-electron chi connectivity index (χ4n) is 1.04. The topological polar surface area (TPSA) is 59.1 Å². The Balaban J connectivity index is 2.27. The van der Waals surface area contributed by atoms with Gasteiger partial charge in [-0.1, -0.05) is 6.07 Å². The molecular formula is C9H8N2O2S2. The molecular weight excluding hydrogens is 232 g/mol. The minimum atomic E-state index is -3.43. The van der Waals surface area contributed by atoms with Gasteiger partial charge in [0.2, 0.25) is 0 Å². The lowest BCUT2D eigenvalue weighted by molar-refractivity contribution is 0.603. The minimum absolute atomic E-state index is 0.305. The molecule has 2 aromatic rings. The van der Waals surface area contributed by atoms with Crippen LogP contribution in [0.4, 0.5) is 5.69 Å². The van der Waals surface area contributed by atoms with Crippen LogP contribution in [0.5, 0.6) is 0 Å². The van der Waals surface area contributed by atoms with Crippen molar-refractivity contribution in [2.75, 3.05) is 4.72 Å². The third-order valence-corrected chi connectivity index (χ3v) is 4.47. The number of pyridine rings is 1. The molecule has 1 N–H and O–H groups in total. The molecule has 0 saturated carbocycles. The predicted octanol–water partition coefficient (Wildman–Crippen LogP) is 1.94. The Morgan fingerprint density at radius 1 is 1.20 bits per heavy atom. The molecule has 0 saturated heterocycles. The van der Waals surface area contributed by atoms with E-state index in [4.69, 9.17) is 0 Å². The van der Waals surface area contributed by atoms with E-state index in [0.29, 0.717) is 9.90 Å². The van der Waals surface area contributed by atoms with Crippen LogP contribution < -0.4 is 4.72 Å². The highest BCUT2D eigenvalue weighted by atomic mass is 32.2. The number of aromatic nitrogens is 1. The van der Waals surface area contributed by atoms with Crippen LogP contribution in [0, 0.1) is 0 Å². The van der Waals surface area contributed by atoms with Gasteiger partial charge >= 0.3 is 0 Å². The molecule has 78 valence electrons. The van der Waals surface area contributed by atoms with Crippen molar-refractivity contribution in [3.63, 3.8) is 0 Å². The molecule has 0 amide bonds. The summed E-state index contributed by atoms with van der Waals surface area (Å²) < 4.78 is 26.3. The summed E-state index contributed by atoms with van der Waals surface area (Å²) in [5.74, 6) is 0. The van der Waals surface area contributed by atoms with Crippen LogP contribution in [0.2, 0.25) is 0 Å². The van der Waals surface area contributed by atoms with Crippen molar-refractivity contribution >= 4 is 27.0 Å². The van der Waals surface area contributed by atoms with Crippen molar-refractivity contribution in [2.24, 2.45) is 0 Å². The van der Waals surface area contributed by atoms with Crippen LogP contribution in [-0.4, -0.2) is 13.4 Å². The summed E-state index contributed by atoms with van der Waals surface area (Å²) in [5.41, 5.74) is 0.512. The molecule has 0 aliphatic carbocycles. The van der Waals surface area contributed by atoms with E-state index in [2.05, 4.69) is 9.71 Å². The van der Waals surface area contributed by atoms with Gasteiger partial charge in [-0.2, -0.15) is 0 Å². The van der Waals surface area contributed by atoms with Crippen LogP contribution >= 0.6 is 11.3 Å². The van der Waals surface area contributed by atoms with Crippen LogP contribution in [0.25, 0.3) is 0 Å². The Bertz CT molecular complexity index is 521. The second-order valence-electron chi connectivity index (χ2n) is 2.77. The van der Waals surface area contributed by atoms with Crippen LogP contribution in [0.1, 0.15) is 0 Å². The minimum Gasteiger partial charge on any atom is -0.279 e. The van der Waals surface area contributed by atoms with Crippen molar-refractivity contribution in [1.82, 2.24) is 4.98 Å². The average Bonchev–Trinajstić information content (AvgIpc) is 2.71. The Morgan fingerprint density at radius 2 is 1.93 bits per heavy atom. The molecule has 0 spiro atoms. The fraction of sp³-hybridized carbons (Fsp3) is 0. The van der Waals surface area contributed by atoms with Crippen LogP contribution in [0.3, 0.4) is 0 Å². The SMILES string of the molecule is O=S(=O)(Nc1ccncc1)c1cccs1. The lowest BCUT2D eigenvalue weighted by Crippen LogP contribution is -2.11. The Labute approximate surface area is 91.7 Å². The molecule has 0 unspecified atom stereocenters. The quantitative estimate of drug-likeness (QED) is 0.892. The molecule has 0 bridgehead atoms. The third-order valence-electron chi connectivity index (χ3n) is 1.69. The number of nitrogens with zero attached hydrogens (tertiary/aromatic N) is 1. The summed E-state index contributed by atoms with van der Waals surface area (Å²) in [6.45, 7) is 0. The van der Waals surface area contributed by atoms with Gasteiger partial charge in [-0.25, -0.2) is 8.42 Å². The van der Waals surface area contributed by atoms with Crippen LogP contribution in [0.15, 0.2) is 46.2 Å². The normalized spacial score (nSPS) is 11.2. The summed E-state index contributed by atoms with van der Waals surface area (Å²) >= 11 is 1.18. The maximum atomic E-state index is 11.7. The maximum Gasteiger partial charge on any atom is 0.271 e. The zero-order chi connectivity index (χ0) is 10.7. The third kappa shape index (κ3) is 2.34. The highest BCUT2D eigenvalue weighted by Crippen LogP contribution is 2.19. The van der Waals surface area contributed by atoms with Gasteiger partial charge in [0.25, 0.3) is 10.0 Å². The number of sulfonamides is 1. The number of anilines is 1. The largest absolute Gasteiger partial charge is 0.279 e. The summed E-state index contributed by atoms with van der Waals surface area (Å²) in [5, 5.41) is 1.72. The Kier molecular flexibility index (Phi) is 2.70. The first kappa shape index (κ1) is 10.1. The molecule has 2 aromatic heterocycles. The molecule has 0 aliphatic heterocycles. The number of hydrogen-bond acceptors (Lipinski definition) is 4. The molecule has 0 aliphatic rings. The van der Waals surface area contributed by atoms with Gasteiger partial charge in [-0.3, -0.25) is 9.71 Å². The number of hydrogen-bond donors (Lipinski definition) is 1. The summed E-state index contributed by atoms with van der Waals surface area (Å²) in [4.78, 5) is 3.81. The second kappa shape index (κ2) is 4.00. The van der Waals surface area contributed by atoms with E-state index in [0.717, 1.165) is 0 Å². The predicted molar refractivity (Wildman–Crippen MR) is 59.4 cm³/mol. The molecule has 2 heterocycles. The van der Waals surface area contributed by atoms with E-state index >= 15 is 0 Å². The first-order valence-corrected chi connectivity index (χ1v) is 6.51. The fourth-order valence-corrected chi connectivity index (χ4v) is 3.09. The Hall–Kier alpha value is -1.40. The maximum absolute atomic E-state index is 11.7. The standard InChI is InChI=1S/C9H8N2O2S2/c12-15(13,9-2-1-7-14-9)11-8-3-5-10-6-4-8/h1-7H,(H,10,11). The van der Waals surface area contributed by atoms with Crippen molar-refractivity contribution in [3.8, 4) is 0 Å². The molecule has 0 aromatic carbocycles. The van der Waals surface area contributed by atoms with Gasteiger partial charge in [0.1, 0.15) is 4.21 Å². The highest BCUT2D eigenvalue weighted by molar-refractivity contribution is 7.94. The molecule has 2 rings (SSSR count). The van der Waals surface area contributed by atoms with Crippen molar-refractivity contribution in [3.05, 3.63) is 42.0 Å². The zero-order valence-electron chi connectivity index (χ0n) is 7.62. The molecule has 4 nitrogen and oxygen atoms in total. The van der Waals surface area contributed by atoms with Crippen molar-refractivity contribution in [1.29, 1.82) is 0 Å². The molecule has 6 heteroatoms. The van der Waals surface area contributed by atoms with E-state index in [1.165, 1.54) is 23.7 Å². The molecule has 0 atom stereocenters. The highest BCUT2D eigenvalue weighted by Gasteiger charge is 2.14. The van der Waals surface area contributed by atoms with Gasteiger partial charge in [0, 0.05) is 12.4 Å². The second-order valence-corrected chi connectivity index (χ2v) is 5.63. The molecule has 15 heavy (non-hydrogen) atoms. The van der Waals surface area contributed by atoms with Gasteiger partial charge in [-0.15, -0.1) is 11.3 Å². The first-order chi connectivity index (χ1) is 7.18. The van der Waals surface area contributed by atoms with E-state index in [-0.39, 0.29) is 0 Å². The van der Waals surface area contributed by atoms with Crippen LogP contribution in [-0.2, 0) is 10.0 Å². The lowest BCUT2D eigenvalue weighted by atomic mass is 10.4. The summed E-state index contributed by atoms with van der Waals surface area (Å²) in [6, 6.07) is 6.47. The molecule has 0 radical (unpaired) electrons. The summed E-state index contributed by atoms with van der Waals surface area (Å²) in [7, 11) is -3.43. The smallest absolute Gasteiger partial charge is 0.271 e. The lowest BCUT2D eigenvalue weighted by Gasteiger charge is -2.04. The number of nitrogens with one attached hydrogen (secondary N) is 1. The summed E-state index contributed by atoms with van der Waals surface area (Å²) in [6.07, 6.45) is 3.07. The number of thiophene rings is 1. The van der Waals surface area contributed by atoms with Crippen molar-refractivity contribution in [2.45, 2.75) is 4.21 Å². The first-order valence-electron chi connectivity index (χ1n) is 4.15. The van der Waals surface area contributed by atoms with Gasteiger partial charge in [0.05, 0.1) is 5.69 Å². The number of rotatable bonds is 3. The van der Waals surface area contributed by atoms with E-state index in [1.807, 2.05) is 0 Å². The van der Waals surface area contributed by atoms with E-state index in [1.54, 1.807) is 29.6 Å². The molecule has 0 fully saturated rings. The van der Waals surface area contributed by atoms with Gasteiger partial charge in [0.15, 0.2) is 0 Å². The zero-order valence-corrected chi connectivity index (χ0v) is 9.25. The van der Waals surface area contributed by atoms with Crippen molar-refractivity contribution < 1.29 is 8.42 Å². The Morgan fingerprint density at radius 3 is 2.53 bits per heavy atom. The monoisotopic (exact) mass is 240 g/mol. The van der Waals surface area contributed by atoms with E-state index < -0.39 is 10.0 Å². The van der Waals surface area contributed by atoms with Gasteiger partial charge in [-0.05, 0) is 23.6 Å². The van der Waals surface area contributed by atoms with E-state index in [9.17, 15) is 8.42 Å². The average molecular weight is 240 g/mol.